The number of halogens is 1. The zero-order chi connectivity index (χ0) is 13.2. The molecule has 0 radical (unpaired) electrons. The summed E-state index contributed by atoms with van der Waals surface area (Å²) in [4.78, 5) is 9.24. The van der Waals surface area contributed by atoms with Gasteiger partial charge < -0.3 is 0 Å². The number of hydrogen-bond acceptors (Lipinski definition) is 3. The third-order valence-corrected chi connectivity index (χ3v) is 3.52. The van der Waals surface area contributed by atoms with Gasteiger partial charge in [0.25, 0.3) is 0 Å². The van der Waals surface area contributed by atoms with Crippen molar-refractivity contribution in [3.05, 3.63) is 54.3 Å². The fourth-order valence-electron chi connectivity index (χ4n) is 1.92. The van der Waals surface area contributed by atoms with Gasteiger partial charge in [0, 0.05) is 5.56 Å². The maximum atomic E-state index is 13.0. The molecule has 0 atom stereocenters. The van der Waals surface area contributed by atoms with Crippen molar-refractivity contribution in [3.63, 3.8) is 0 Å². The Morgan fingerprint density at radius 2 is 1.53 bits per heavy atom. The van der Waals surface area contributed by atoms with E-state index in [4.69, 9.17) is 0 Å². The molecule has 1 heterocycles. The van der Waals surface area contributed by atoms with Crippen molar-refractivity contribution in [1.82, 2.24) is 9.97 Å². The maximum Gasteiger partial charge on any atom is 0.123 e. The summed E-state index contributed by atoms with van der Waals surface area (Å²) in [5, 5.41) is 0.852. The fraction of sp³-hybridized carbons (Fsp3) is 0.0667. The van der Waals surface area contributed by atoms with Crippen LogP contribution in [0.3, 0.4) is 0 Å². The molecule has 1 aromatic heterocycles. The molecular formula is C15H11FN2S. The van der Waals surface area contributed by atoms with E-state index in [9.17, 15) is 4.39 Å². The van der Waals surface area contributed by atoms with Crippen LogP contribution in [0.5, 0.6) is 0 Å². The highest BCUT2D eigenvalue weighted by Crippen LogP contribution is 2.28. The number of fused-ring (bicyclic) bond motifs is 1. The Morgan fingerprint density at radius 1 is 0.895 bits per heavy atom. The Kier molecular flexibility index (Phi) is 3.17. The van der Waals surface area contributed by atoms with Crippen LogP contribution in [-0.2, 0) is 0 Å². The largest absolute Gasteiger partial charge is 0.243 e. The van der Waals surface area contributed by atoms with Gasteiger partial charge >= 0.3 is 0 Å². The maximum absolute atomic E-state index is 13.0. The molecule has 3 rings (SSSR count). The second-order valence-corrected chi connectivity index (χ2v) is 4.87. The molecule has 19 heavy (non-hydrogen) atoms. The van der Waals surface area contributed by atoms with Crippen LogP contribution < -0.4 is 0 Å². The van der Waals surface area contributed by atoms with Crippen LogP contribution in [-0.4, -0.2) is 16.2 Å². The van der Waals surface area contributed by atoms with Crippen molar-refractivity contribution in [1.29, 1.82) is 0 Å². The molecule has 0 bridgehead atoms. The Labute approximate surface area is 114 Å². The van der Waals surface area contributed by atoms with Crippen LogP contribution in [0.15, 0.2) is 53.6 Å². The lowest BCUT2D eigenvalue weighted by Crippen LogP contribution is -1.93. The summed E-state index contributed by atoms with van der Waals surface area (Å²) in [5.74, 6) is -0.247. The minimum Gasteiger partial charge on any atom is -0.243 e. The third kappa shape index (κ3) is 2.31. The summed E-state index contributed by atoms with van der Waals surface area (Å²) in [7, 11) is 0. The molecule has 0 amide bonds. The Morgan fingerprint density at radius 3 is 2.16 bits per heavy atom. The molecular weight excluding hydrogens is 259 g/mol. The van der Waals surface area contributed by atoms with Crippen LogP contribution in [0.1, 0.15) is 0 Å². The van der Waals surface area contributed by atoms with Crippen LogP contribution in [0, 0.1) is 5.82 Å². The Bertz CT molecular complexity index is 726. The first kappa shape index (κ1) is 12.1. The average Bonchev–Trinajstić information content (AvgIpc) is 2.46. The second kappa shape index (κ2) is 4.97. The first-order valence-corrected chi connectivity index (χ1v) is 7.07. The lowest BCUT2D eigenvalue weighted by molar-refractivity contribution is 0.628. The Balaban J connectivity index is 2.23. The monoisotopic (exact) mass is 270 g/mol. The zero-order valence-electron chi connectivity index (χ0n) is 10.3. The SMILES string of the molecule is CSc1nc2ccccc2nc1-c1ccc(F)cc1. The van der Waals surface area contributed by atoms with E-state index in [1.165, 1.54) is 12.1 Å². The van der Waals surface area contributed by atoms with E-state index in [0.29, 0.717) is 0 Å². The van der Waals surface area contributed by atoms with Gasteiger partial charge in [-0.25, -0.2) is 14.4 Å². The summed E-state index contributed by atoms with van der Waals surface area (Å²) in [6, 6.07) is 14.1. The molecule has 2 nitrogen and oxygen atoms in total. The molecule has 0 aliphatic heterocycles. The normalized spacial score (nSPS) is 10.8. The quantitative estimate of drug-likeness (QED) is 0.654. The van der Waals surface area contributed by atoms with Crippen molar-refractivity contribution in [2.75, 3.05) is 6.26 Å². The summed E-state index contributed by atoms with van der Waals surface area (Å²) in [5.41, 5.74) is 3.40. The van der Waals surface area contributed by atoms with Crippen LogP contribution >= 0.6 is 11.8 Å². The number of thioether (sulfide) groups is 1. The predicted octanol–water partition coefficient (Wildman–Crippen LogP) is 4.16. The van der Waals surface area contributed by atoms with Gasteiger partial charge in [-0.1, -0.05) is 12.1 Å². The van der Waals surface area contributed by atoms with Gasteiger partial charge in [-0.15, -0.1) is 11.8 Å². The summed E-state index contributed by atoms with van der Waals surface area (Å²) >= 11 is 1.54. The van der Waals surface area contributed by atoms with E-state index in [2.05, 4.69) is 9.97 Å². The first-order valence-electron chi connectivity index (χ1n) is 5.84. The molecule has 0 aliphatic rings. The molecule has 3 aromatic rings. The van der Waals surface area contributed by atoms with E-state index in [1.54, 1.807) is 23.9 Å². The summed E-state index contributed by atoms with van der Waals surface area (Å²) in [6.07, 6.45) is 1.96. The third-order valence-electron chi connectivity index (χ3n) is 2.85. The minimum absolute atomic E-state index is 0.247. The highest BCUT2D eigenvalue weighted by Gasteiger charge is 2.10. The van der Waals surface area contributed by atoms with Crippen molar-refractivity contribution < 1.29 is 4.39 Å². The second-order valence-electron chi connectivity index (χ2n) is 4.08. The van der Waals surface area contributed by atoms with Crippen LogP contribution in [0.2, 0.25) is 0 Å². The lowest BCUT2D eigenvalue weighted by atomic mass is 10.1. The summed E-state index contributed by atoms with van der Waals surface area (Å²) < 4.78 is 13.0. The van der Waals surface area contributed by atoms with Gasteiger partial charge in [0.1, 0.15) is 16.5 Å². The van der Waals surface area contributed by atoms with E-state index >= 15 is 0 Å². The van der Waals surface area contributed by atoms with E-state index in [0.717, 1.165) is 27.3 Å². The van der Waals surface area contributed by atoms with Gasteiger partial charge in [0.2, 0.25) is 0 Å². The van der Waals surface area contributed by atoms with Gasteiger partial charge in [-0.2, -0.15) is 0 Å². The molecule has 0 saturated heterocycles. The number of benzene rings is 2. The van der Waals surface area contributed by atoms with Gasteiger partial charge in [0.05, 0.1) is 11.0 Å². The van der Waals surface area contributed by atoms with Crippen molar-refractivity contribution in [2.45, 2.75) is 5.03 Å². The standard InChI is InChI=1S/C15H11FN2S/c1-19-15-14(10-6-8-11(16)9-7-10)17-12-4-2-3-5-13(12)18-15/h2-9H,1H3. The molecule has 0 spiro atoms. The Hall–Kier alpha value is -1.94. The van der Waals surface area contributed by atoms with E-state index < -0.39 is 0 Å². The van der Waals surface area contributed by atoms with Crippen molar-refractivity contribution in [3.8, 4) is 11.3 Å². The van der Waals surface area contributed by atoms with Gasteiger partial charge in [-0.05, 0) is 42.7 Å². The van der Waals surface area contributed by atoms with Crippen LogP contribution in [0.4, 0.5) is 4.39 Å². The molecule has 0 N–H and O–H groups in total. The highest BCUT2D eigenvalue weighted by molar-refractivity contribution is 7.98. The first-order chi connectivity index (χ1) is 9.28. The van der Waals surface area contributed by atoms with Crippen LogP contribution in [0.25, 0.3) is 22.3 Å². The molecule has 2 aromatic carbocycles. The highest BCUT2D eigenvalue weighted by atomic mass is 32.2. The van der Waals surface area contributed by atoms with Gasteiger partial charge in [0.15, 0.2) is 0 Å². The predicted molar refractivity (Wildman–Crippen MR) is 76.7 cm³/mol. The number of hydrogen-bond donors (Lipinski definition) is 0. The van der Waals surface area contributed by atoms with Gasteiger partial charge in [-0.3, -0.25) is 0 Å². The molecule has 94 valence electrons. The van der Waals surface area contributed by atoms with Crippen molar-refractivity contribution in [2.24, 2.45) is 0 Å². The fourth-order valence-corrected chi connectivity index (χ4v) is 2.47. The van der Waals surface area contributed by atoms with Crippen molar-refractivity contribution >= 4 is 22.8 Å². The number of para-hydroxylation sites is 2. The zero-order valence-corrected chi connectivity index (χ0v) is 11.1. The molecule has 0 fully saturated rings. The topological polar surface area (TPSA) is 25.8 Å². The lowest BCUT2D eigenvalue weighted by Gasteiger charge is -2.07. The average molecular weight is 270 g/mol. The molecule has 4 heteroatoms. The number of nitrogens with zero attached hydrogens (tertiary/aromatic N) is 2. The van der Waals surface area contributed by atoms with E-state index in [1.807, 2.05) is 30.5 Å². The van der Waals surface area contributed by atoms with E-state index in [-0.39, 0.29) is 5.82 Å². The molecule has 0 unspecified atom stereocenters. The minimum atomic E-state index is -0.247. The molecule has 0 aliphatic carbocycles. The smallest absolute Gasteiger partial charge is 0.123 e. The number of aromatic nitrogens is 2. The summed E-state index contributed by atoms with van der Waals surface area (Å²) in [6.45, 7) is 0. The molecule has 0 saturated carbocycles. The number of rotatable bonds is 2.